The lowest BCUT2D eigenvalue weighted by Crippen LogP contribution is -2.40. The van der Waals surface area contributed by atoms with E-state index in [1.54, 1.807) is 0 Å². The summed E-state index contributed by atoms with van der Waals surface area (Å²) < 4.78 is 83.5. The third-order valence-electron chi connectivity index (χ3n) is 2.94. The van der Waals surface area contributed by atoms with Gasteiger partial charge in [-0.25, -0.2) is 0 Å². The molecule has 0 atom stereocenters. The molecule has 0 saturated carbocycles. The normalized spacial score (nSPS) is 15.1. The minimum atomic E-state index is -4.62. The van der Waals surface area contributed by atoms with E-state index in [0.717, 1.165) is 23.1 Å². The smallest absolute Gasteiger partial charge is 0.416 e. The SMILES string of the molecule is O=C(COCC(F)(F)F)N1CCOc2ccc(C(F)(F)F)cc21. The number of carbonyl (C=O) groups is 1. The van der Waals surface area contributed by atoms with Gasteiger partial charge < -0.3 is 14.4 Å². The largest absolute Gasteiger partial charge is 0.490 e. The van der Waals surface area contributed by atoms with Crippen molar-refractivity contribution in [2.45, 2.75) is 12.4 Å². The molecule has 1 aromatic rings. The summed E-state index contributed by atoms with van der Waals surface area (Å²) in [6.07, 6.45) is -9.21. The fourth-order valence-corrected chi connectivity index (χ4v) is 1.99. The number of hydrogen-bond donors (Lipinski definition) is 0. The van der Waals surface area contributed by atoms with Crippen LogP contribution < -0.4 is 9.64 Å². The number of anilines is 1. The molecule has 0 N–H and O–H groups in total. The van der Waals surface area contributed by atoms with Crippen LogP contribution in [-0.4, -0.2) is 38.4 Å². The molecule has 0 aliphatic carbocycles. The van der Waals surface area contributed by atoms with E-state index in [2.05, 4.69) is 4.74 Å². The molecule has 0 radical (unpaired) electrons. The average molecular weight is 343 g/mol. The summed E-state index contributed by atoms with van der Waals surface area (Å²) >= 11 is 0. The number of carbonyl (C=O) groups excluding carboxylic acids is 1. The molecule has 0 saturated heterocycles. The molecular formula is C13H11F6NO3. The van der Waals surface area contributed by atoms with Gasteiger partial charge in [-0.15, -0.1) is 0 Å². The number of rotatable bonds is 3. The summed E-state index contributed by atoms with van der Waals surface area (Å²) in [5, 5.41) is 0. The number of ether oxygens (including phenoxy) is 2. The van der Waals surface area contributed by atoms with Crippen molar-refractivity contribution < 1.29 is 40.6 Å². The number of nitrogens with zero attached hydrogens (tertiary/aromatic N) is 1. The van der Waals surface area contributed by atoms with Gasteiger partial charge >= 0.3 is 12.4 Å². The summed E-state index contributed by atoms with van der Waals surface area (Å²) in [6, 6.07) is 2.58. The van der Waals surface area contributed by atoms with Gasteiger partial charge in [0.2, 0.25) is 0 Å². The lowest BCUT2D eigenvalue weighted by Gasteiger charge is -2.30. The van der Waals surface area contributed by atoms with Gasteiger partial charge in [0.05, 0.1) is 17.8 Å². The van der Waals surface area contributed by atoms with Crippen LogP contribution in [-0.2, 0) is 15.7 Å². The Labute approximate surface area is 126 Å². The van der Waals surface area contributed by atoms with E-state index in [9.17, 15) is 31.1 Å². The standard InChI is InChI=1S/C13H11F6NO3/c14-12(15,16)7-22-6-11(21)20-3-4-23-10-2-1-8(5-9(10)20)13(17,18)19/h1-2,5H,3-4,6-7H2. The Bertz CT molecular complexity index is 584. The predicted molar refractivity (Wildman–Crippen MR) is 66.2 cm³/mol. The third-order valence-corrected chi connectivity index (χ3v) is 2.94. The van der Waals surface area contributed by atoms with E-state index < -0.39 is 37.0 Å². The van der Waals surface area contributed by atoms with Crippen LogP contribution in [0, 0.1) is 0 Å². The Kier molecular flexibility index (Phi) is 4.73. The number of halogens is 6. The highest BCUT2D eigenvalue weighted by molar-refractivity contribution is 5.96. The summed E-state index contributed by atoms with van der Waals surface area (Å²) in [7, 11) is 0. The molecule has 0 spiro atoms. The minimum absolute atomic E-state index is 0.0172. The van der Waals surface area contributed by atoms with Gasteiger partial charge in [-0.1, -0.05) is 0 Å². The number of fused-ring (bicyclic) bond motifs is 1. The first-order valence-electron chi connectivity index (χ1n) is 6.37. The molecule has 1 aliphatic heterocycles. The number of hydrogen-bond acceptors (Lipinski definition) is 3. The van der Waals surface area contributed by atoms with Crippen molar-refractivity contribution in [3.05, 3.63) is 23.8 Å². The molecule has 1 aromatic carbocycles. The van der Waals surface area contributed by atoms with Crippen LogP contribution in [0.15, 0.2) is 18.2 Å². The van der Waals surface area contributed by atoms with Gasteiger partial charge in [0.25, 0.3) is 5.91 Å². The maximum Gasteiger partial charge on any atom is 0.416 e. The van der Waals surface area contributed by atoms with Crippen LogP contribution in [0.3, 0.4) is 0 Å². The van der Waals surface area contributed by atoms with Gasteiger partial charge in [0, 0.05) is 0 Å². The van der Waals surface area contributed by atoms with Crippen molar-refractivity contribution in [2.75, 3.05) is 31.3 Å². The van der Waals surface area contributed by atoms with Crippen LogP contribution in [0.25, 0.3) is 0 Å². The first kappa shape index (κ1) is 17.4. The summed E-state index contributed by atoms with van der Waals surface area (Å²) in [6.45, 7) is -2.57. The van der Waals surface area contributed by atoms with Crippen LogP contribution in [0.5, 0.6) is 5.75 Å². The molecule has 10 heteroatoms. The van der Waals surface area contributed by atoms with Gasteiger partial charge in [-0.3, -0.25) is 4.79 Å². The second-order valence-electron chi connectivity index (χ2n) is 4.68. The van der Waals surface area contributed by atoms with E-state index in [4.69, 9.17) is 4.74 Å². The fraction of sp³-hybridized carbons (Fsp3) is 0.462. The second-order valence-corrected chi connectivity index (χ2v) is 4.68. The van der Waals surface area contributed by atoms with Crippen LogP contribution in [0.2, 0.25) is 0 Å². The minimum Gasteiger partial charge on any atom is -0.490 e. The zero-order chi connectivity index (χ0) is 17.3. The van der Waals surface area contributed by atoms with Crippen molar-refractivity contribution in [3.8, 4) is 5.75 Å². The van der Waals surface area contributed by atoms with E-state index >= 15 is 0 Å². The average Bonchev–Trinajstić information content (AvgIpc) is 2.43. The molecule has 0 fully saturated rings. The highest BCUT2D eigenvalue weighted by Crippen LogP contribution is 2.38. The molecule has 4 nitrogen and oxygen atoms in total. The molecule has 0 unspecified atom stereocenters. The van der Waals surface area contributed by atoms with Crippen molar-refractivity contribution in [1.82, 2.24) is 0 Å². The van der Waals surface area contributed by atoms with E-state index in [-0.39, 0.29) is 24.6 Å². The quantitative estimate of drug-likeness (QED) is 0.792. The highest BCUT2D eigenvalue weighted by Gasteiger charge is 2.34. The van der Waals surface area contributed by atoms with Crippen molar-refractivity contribution in [2.24, 2.45) is 0 Å². The molecule has 128 valence electrons. The molecule has 1 heterocycles. The van der Waals surface area contributed by atoms with E-state index in [1.165, 1.54) is 0 Å². The molecule has 1 aliphatic rings. The highest BCUT2D eigenvalue weighted by atomic mass is 19.4. The monoisotopic (exact) mass is 343 g/mol. The Balaban J connectivity index is 2.15. The van der Waals surface area contributed by atoms with Gasteiger partial charge in [-0.2, -0.15) is 26.3 Å². The Hall–Kier alpha value is -1.97. The third kappa shape index (κ3) is 4.50. The van der Waals surface area contributed by atoms with Gasteiger partial charge in [-0.05, 0) is 18.2 Å². The molecule has 23 heavy (non-hydrogen) atoms. The Morgan fingerprint density at radius 2 is 1.91 bits per heavy atom. The van der Waals surface area contributed by atoms with E-state index in [0.29, 0.717) is 0 Å². The predicted octanol–water partition coefficient (Wildman–Crippen LogP) is 3.01. The summed E-state index contributed by atoms with van der Waals surface area (Å²) in [5.74, 6) is -0.827. The van der Waals surface area contributed by atoms with Gasteiger partial charge in [0.1, 0.15) is 25.6 Å². The number of amides is 1. The molecule has 0 aromatic heterocycles. The first-order chi connectivity index (χ1) is 10.6. The van der Waals surface area contributed by atoms with Crippen LogP contribution >= 0.6 is 0 Å². The lowest BCUT2D eigenvalue weighted by molar-refractivity contribution is -0.175. The Morgan fingerprint density at radius 3 is 2.52 bits per heavy atom. The maximum atomic E-state index is 12.7. The number of alkyl halides is 6. The van der Waals surface area contributed by atoms with Crippen LogP contribution in [0.1, 0.15) is 5.56 Å². The molecule has 1 amide bonds. The maximum absolute atomic E-state index is 12.7. The molecule has 2 rings (SSSR count). The summed E-state index contributed by atoms with van der Waals surface area (Å²) in [5.41, 5.74) is -1.14. The molecular weight excluding hydrogens is 332 g/mol. The van der Waals surface area contributed by atoms with Crippen molar-refractivity contribution >= 4 is 11.6 Å². The fourth-order valence-electron chi connectivity index (χ4n) is 1.99. The van der Waals surface area contributed by atoms with Crippen molar-refractivity contribution in [1.29, 1.82) is 0 Å². The van der Waals surface area contributed by atoms with Crippen LogP contribution in [0.4, 0.5) is 32.0 Å². The topological polar surface area (TPSA) is 38.8 Å². The first-order valence-corrected chi connectivity index (χ1v) is 6.37. The zero-order valence-corrected chi connectivity index (χ0v) is 11.5. The zero-order valence-electron chi connectivity index (χ0n) is 11.5. The summed E-state index contributed by atoms with van der Waals surface area (Å²) in [4.78, 5) is 12.8. The molecule has 0 bridgehead atoms. The van der Waals surface area contributed by atoms with Crippen molar-refractivity contribution in [3.63, 3.8) is 0 Å². The Morgan fingerprint density at radius 1 is 1.22 bits per heavy atom. The number of benzene rings is 1. The van der Waals surface area contributed by atoms with E-state index in [1.807, 2.05) is 0 Å². The second kappa shape index (κ2) is 6.26. The van der Waals surface area contributed by atoms with Gasteiger partial charge in [0.15, 0.2) is 0 Å². The lowest BCUT2D eigenvalue weighted by atomic mass is 10.1.